The zero-order valence-electron chi connectivity index (χ0n) is 10.5. The molecule has 0 unspecified atom stereocenters. The van der Waals surface area contributed by atoms with Crippen LogP contribution in [0.5, 0.6) is 0 Å². The van der Waals surface area contributed by atoms with Gasteiger partial charge in [0.1, 0.15) is 5.84 Å². The number of amides is 1. The topological polar surface area (TPSA) is 74.0 Å². The molecule has 3 N–H and O–H groups in total. The van der Waals surface area contributed by atoms with Crippen molar-refractivity contribution in [1.82, 2.24) is 15.1 Å². The first-order valence-electron chi connectivity index (χ1n) is 5.72. The van der Waals surface area contributed by atoms with E-state index in [0.29, 0.717) is 12.4 Å². The molecule has 0 atom stereocenters. The lowest BCUT2D eigenvalue weighted by molar-refractivity contribution is -0.131. The van der Waals surface area contributed by atoms with Gasteiger partial charge in [-0.2, -0.15) is 0 Å². The van der Waals surface area contributed by atoms with Crippen molar-refractivity contribution in [2.24, 2.45) is 10.7 Å². The fourth-order valence-electron chi connectivity index (χ4n) is 1.53. The Bertz CT molecular complexity index is 305. The number of piperazine rings is 1. The number of nitrogens with zero attached hydrogens (tertiary/aromatic N) is 3. The largest absolute Gasteiger partial charge is 0.384 e. The van der Waals surface area contributed by atoms with Crippen molar-refractivity contribution in [2.75, 3.05) is 46.8 Å². The molecule has 1 saturated heterocycles. The van der Waals surface area contributed by atoms with Gasteiger partial charge in [0.25, 0.3) is 0 Å². The quantitative estimate of drug-likeness (QED) is 0.480. The molecule has 96 valence electrons. The monoisotopic (exact) mass is 239 g/mol. The SMILES string of the molecule is CN=C(N)/C=C\NCC(=O)N1CCN(C)CC1. The number of aliphatic imine (C=N–C) groups is 1. The molecule has 1 rings (SSSR count). The number of nitrogens with one attached hydrogen (secondary N) is 1. The molecule has 0 aromatic heterocycles. The molecule has 1 aliphatic rings. The second-order valence-corrected chi connectivity index (χ2v) is 4.05. The maximum atomic E-state index is 11.8. The normalized spacial score (nSPS) is 18.7. The smallest absolute Gasteiger partial charge is 0.241 e. The van der Waals surface area contributed by atoms with Crippen LogP contribution in [-0.2, 0) is 4.79 Å². The van der Waals surface area contributed by atoms with E-state index in [4.69, 9.17) is 5.73 Å². The highest BCUT2D eigenvalue weighted by Crippen LogP contribution is 1.98. The van der Waals surface area contributed by atoms with Gasteiger partial charge in [-0.05, 0) is 13.1 Å². The number of carbonyl (C=O) groups excluding carboxylic acids is 1. The van der Waals surface area contributed by atoms with Gasteiger partial charge in [0.05, 0.1) is 6.54 Å². The predicted octanol–water partition coefficient (Wildman–Crippen LogP) is -1.15. The van der Waals surface area contributed by atoms with Gasteiger partial charge in [-0.15, -0.1) is 0 Å². The summed E-state index contributed by atoms with van der Waals surface area (Å²) in [6, 6.07) is 0. The molecule has 0 bridgehead atoms. The van der Waals surface area contributed by atoms with Crippen LogP contribution in [0.25, 0.3) is 0 Å². The first-order chi connectivity index (χ1) is 8.13. The van der Waals surface area contributed by atoms with Gasteiger partial charge >= 0.3 is 0 Å². The summed E-state index contributed by atoms with van der Waals surface area (Å²) in [4.78, 5) is 19.6. The number of hydrogen-bond acceptors (Lipinski definition) is 4. The fourth-order valence-corrected chi connectivity index (χ4v) is 1.53. The molecule has 17 heavy (non-hydrogen) atoms. The number of amidine groups is 1. The van der Waals surface area contributed by atoms with Crippen molar-refractivity contribution < 1.29 is 4.79 Å². The zero-order valence-corrected chi connectivity index (χ0v) is 10.5. The minimum Gasteiger partial charge on any atom is -0.384 e. The summed E-state index contributed by atoms with van der Waals surface area (Å²) < 4.78 is 0. The highest BCUT2D eigenvalue weighted by molar-refractivity contribution is 5.91. The summed E-state index contributed by atoms with van der Waals surface area (Å²) in [6.07, 6.45) is 3.29. The molecule has 0 spiro atoms. The highest BCUT2D eigenvalue weighted by Gasteiger charge is 2.17. The zero-order chi connectivity index (χ0) is 12.7. The van der Waals surface area contributed by atoms with Crippen LogP contribution < -0.4 is 11.1 Å². The van der Waals surface area contributed by atoms with E-state index in [2.05, 4.69) is 22.3 Å². The Hall–Kier alpha value is -1.56. The molecular weight excluding hydrogens is 218 g/mol. The van der Waals surface area contributed by atoms with Crippen LogP contribution in [0.2, 0.25) is 0 Å². The number of nitrogens with two attached hydrogens (primary N) is 1. The lowest BCUT2D eigenvalue weighted by atomic mass is 10.3. The van der Waals surface area contributed by atoms with Crippen molar-refractivity contribution in [1.29, 1.82) is 0 Å². The molecule has 0 saturated carbocycles. The first-order valence-corrected chi connectivity index (χ1v) is 5.72. The van der Waals surface area contributed by atoms with Gasteiger partial charge in [-0.25, -0.2) is 0 Å². The standard InChI is InChI=1S/C11H21N5O/c1-13-10(12)3-4-14-9-11(17)16-7-5-15(2)6-8-16/h3-4,14H,5-9H2,1-2H3,(H2,12,13)/b4-3-. The molecule has 1 amide bonds. The van der Waals surface area contributed by atoms with Gasteiger partial charge in [-0.1, -0.05) is 0 Å². The van der Waals surface area contributed by atoms with E-state index in [1.807, 2.05) is 4.90 Å². The lowest BCUT2D eigenvalue weighted by Gasteiger charge is -2.32. The van der Waals surface area contributed by atoms with E-state index in [1.54, 1.807) is 19.3 Å². The van der Waals surface area contributed by atoms with Crippen LogP contribution in [0, 0.1) is 0 Å². The van der Waals surface area contributed by atoms with Crippen LogP contribution in [0.1, 0.15) is 0 Å². The number of carbonyl (C=O) groups is 1. The molecule has 6 nitrogen and oxygen atoms in total. The van der Waals surface area contributed by atoms with Crippen molar-refractivity contribution in [3.05, 3.63) is 12.3 Å². The number of hydrogen-bond donors (Lipinski definition) is 2. The van der Waals surface area contributed by atoms with Crippen LogP contribution in [0.4, 0.5) is 0 Å². The highest BCUT2D eigenvalue weighted by atomic mass is 16.2. The van der Waals surface area contributed by atoms with Crippen molar-refractivity contribution in [3.8, 4) is 0 Å². The second kappa shape index (κ2) is 6.90. The Labute approximate surface area is 102 Å². The van der Waals surface area contributed by atoms with E-state index in [9.17, 15) is 4.79 Å². The molecule has 1 heterocycles. The van der Waals surface area contributed by atoms with E-state index >= 15 is 0 Å². The van der Waals surface area contributed by atoms with Crippen LogP contribution in [0.15, 0.2) is 17.3 Å². The molecule has 6 heteroatoms. The van der Waals surface area contributed by atoms with Crippen LogP contribution >= 0.6 is 0 Å². The molecule has 0 radical (unpaired) electrons. The van der Waals surface area contributed by atoms with Gasteiger partial charge in [0, 0.05) is 39.4 Å². The summed E-state index contributed by atoms with van der Waals surface area (Å²) >= 11 is 0. The minimum absolute atomic E-state index is 0.120. The third-order valence-corrected chi connectivity index (χ3v) is 2.74. The average Bonchev–Trinajstić information content (AvgIpc) is 2.34. The molecule has 0 aromatic rings. The second-order valence-electron chi connectivity index (χ2n) is 4.05. The van der Waals surface area contributed by atoms with Gasteiger partial charge in [0.15, 0.2) is 0 Å². The Morgan fingerprint density at radius 2 is 2.06 bits per heavy atom. The fraction of sp³-hybridized carbons (Fsp3) is 0.636. The number of rotatable bonds is 4. The van der Waals surface area contributed by atoms with Crippen molar-refractivity contribution >= 4 is 11.7 Å². The van der Waals surface area contributed by atoms with Crippen LogP contribution in [0.3, 0.4) is 0 Å². The summed E-state index contributed by atoms with van der Waals surface area (Å²) in [6.45, 7) is 3.80. The number of likely N-dealkylation sites (N-methyl/N-ethyl adjacent to an activating group) is 1. The first kappa shape index (κ1) is 13.5. The van der Waals surface area contributed by atoms with E-state index in [-0.39, 0.29) is 5.91 Å². The molecule has 0 aliphatic carbocycles. The summed E-state index contributed by atoms with van der Waals surface area (Å²) in [5, 5.41) is 2.91. The third kappa shape index (κ3) is 4.86. The predicted molar refractivity (Wildman–Crippen MR) is 68.8 cm³/mol. The van der Waals surface area contributed by atoms with E-state index in [0.717, 1.165) is 26.2 Å². The third-order valence-electron chi connectivity index (χ3n) is 2.74. The Kier molecular flexibility index (Phi) is 5.48. The van der Waals surface area contributed by atoms with Gasteiger partial charge in [0.2, 0.25) is 5.91 Å². The molecule has 1 fully saturated rings. The van der Waals surface area contributed by atoms with Crippen molar-refractivity contribution in [3.63, 3.8) is 0 Å². The maximum absolute atomic E-state index is 11.8. The molecular formula is C11H21N5O. The van der Waals surface area contributed by atoms with Crippen LogP contribution in [-0.4, -0.2) is 68.4 Å². The summed E-state index contributed by atoms with van der Waals surface area (Å²) in [5.74, 6) is 0.555. The minimum atomic E-state index is 0.120. The summed E-state index contributed by atoms with van der Waals surface area (Å²) in [5.41, 5.74) is 5.47. The summed E-state index contributed by atoms with van der Waals surface area (Å²) in [7, 11) is 3.69. The van der Waals surface area contributed by atoms with Gasteiger partial charge < -0.3 is 20.9 Å². The van der Waals surface area contributed by atoms with Crippen molar-refractivity contribution in [2.45, 2.75) is 0 Å². The molecule has 1 aliphatic heterocycles. The van der Waals surface area contributed by atoms with Gasteiger partial charge in [-0.3, -0.25) is 9.79 Å². The van der Waals surface area contributed by atoms with E-state index in [1.165, 1.54) is 0 Å². The Morgan fingerprint density at radius 3 is 2.65 bits per heavy atom. The maximum Gasteiger partial charge on any atom is 0.241 e. The Balaban J connectivity index is 2.23. The average molecular weight is 239 g/mol. The Morgan fingerprint density at radius 1 is 1.41 bits per heavy atom. The van der Waals surface area contributed by atoms with E-state index < -0.39 is 0 Å². The lowest BCUT2D eigenvalue weighted by Crippen LogP contribution is -2.49. The molecule has 0 aromatic carbocycles.